The first-order chi connectivity index (χ1) is 7.97. The fourth-order valence-electron chi connectivity index (χ4n) is 3.47. The van der Waals surface area contributed by atoms with Crippen LogP contribution >= 0.6 is 11.6 Å². The third-order valence-corrected chi connectivity index (χ3v) is 5.04. The Labute approximate surface area is 106 Å². The molecule has 4 heteroatoms. The van der Waals surface area contributed by atoms with E-state index >= 15 is 0 Å². The van der Waals surface area contributed by atoms with E-state index in [4.69, 9.17) is 11.6 Å². The second kappa shape index (κ2) is 5.38. The van der Waals surface area contributed by atoms with Crippen LogP contribution in [0.3, 0.4) is 0 Å². The summed E-state index contributed by atoms with van der Waals surface area (Å²) >= 11 is 6.06. The Morgan fingerprint density at radius 3 is 1.53 bits per heavy atom. The van der Waals surface area contributed by atoms with Crippen LogP contribution in [-0.2, 0) is 0 Å². The molecule has 0 nitrogen and oxygen atoms in total. The fraction of sp³-hybridized carbons (Fsp3) is 1.00. The van der Waals surface area contributed by atoms with Crippen LogP contribution in [0.4, 0.5) is 13.2 Å². The molecule has 0 aromatic carbocycles. The highest BCUT2D eigenvalue weighted by molar-refractivity contribution is 6.20. The van der Waals surface area contributed by atoms with Gasteiger partial charge < -0.3 is 0 Å². The standard InChI is InChI=1S/C13H20ClF3/c14-12-7-3-10(4-8-12)9-1-5-11(6-2-9)13(15,16)17/h9-12H,1-8H2. The normalized spacial score (nSPS) is 40.2. The molecule has 2 saturated carbocycles. The topological polar surface area (TPSA) is 0 Å². The van der Waals surface area contributed by atoms with Crippen LogP contribution in [0.5, 0.6) is 0 Å². The highest BCUT2D eigenvalue weighted by atomic mass is 35.5. The molecule has 100 valence electrons. The Bertz CT molecular complexity index is 236. The molecule has 0 spiro atoms. The largest absolute Gasteiger partial charge is 0.391 e. The molecule has 0 aromatic heterocycles. The highest BCUT2D eigenvalue weighted by Gasteiger charge is 2.42. The number of hydrogen-bond donors (Lipinski definition) is 0. The lowest BCUT2D eigenvalue weighted by molar-refractivity contribution is -0.185. The van der Waals surface area contributed by atoms with E-state index in [2.05, 4.69) is 0 Å². The number of rotatable bonds is 1. The van der Waals surface area contributed by atoms with Crippen LogP contribution in [0.1, 0.15) is 51.4 Å². The maximum Gasteiger partial charge on any atom is 0.391 e. The average molecular weight is 269 g/mol. The lowest BCUT2D eigenvalue weighted by atomic mass is 9.71. The fourth-order valence-corrected chi connectivity index (χ4v) is 3.72. The van der Waals surface area contributed by atoms with Crippen LogP contribution in [-0.4, -0.2) is 11.6 Å². The number of halogens is 4. The average Bonchev–Trinajstić information content (AvgIpc) is 2.29. The number of alkyl halides is 4. The third-order valence-electron chi connectivity index (χ3n) is 4.60. The molecule has 0 aromatic rings. The van der Waals surface area contributed by atoms with Crippen LogP contribution in [0.15, 0.2) is 0 Å². The van der Waals surface area contributed by atoms with Crippen molar-refractivity contribution in [2.45, 2.75) is 62.9 Å². The van der Waals surface area contributed by atoms with Gasteiger partial charge >= 0.3 is 6.18 Å². The molecule has 0 radical (unpaired) electrons. The van der Waals surface area contributed by atoms with Gasteiger partial charge in [-0.05, 0) is 63.2 Å². The minimum atomic E-state index is -3.97. The Morgan fingerprint density at radius 2 is 1.12 bits per heavy atom. The predicted molar refractivity (Wildman–Crippen MR) is 63.1 cm³/mol. The molecule has 0 amide bonds. The van der Waals surface area contributed by atoms with Crippen LogP contribution < -0.4 is 0 Å². The van der Waals surface area contributed by atoms with Crippen molar-refractivity contribution in [2.24, 2.45) is 17.8 Å². The smallest absolute Gasteiger partial charge is 0.171 e. The van der Waals surface area contributed by atoms with Gasteiger partial charge in [-0.1, -0.05) is 0 Å². The lowest BCUT2D eigenvalue weighted by Crippen LogP contribution is -2.31. The van der Waals surface area contributed by atoms with Gasteiger partial charge in [0, 0.05) is 5.38 Å². The van der Waals surface area contributed by atoms with Gasteiger partial charge in [0.1, 0.15) is 0 Å². The zero-order valence-electron chi connectivity index (χ0n) is 9.98. The SMILES string of the molecule is FC(F)(F)C1CCC(C2CCC(Cl)CC2)CC1. The minimum Gasteiger partial charge on any atom is -0.171 e. The quantitative estimate of drug-likeness (QED) is 0.577. The molecule has 2 aliphatic carbocycles. The molecule has 2 aliphatic rings. The second-order valence-corrected chi connectivity index (χ2v) is 6.28. The van der Waals surface area contributed by atoms with E-state index in [0.29, 0.717) is 30.1 Å². The van der Waals surface area contributed by atoms with Crippen LogP contribution in [0.2, 0.25) is 0 Å². The summed E-state index contributed by atoms with van der Waals surface area (Å²) in [6, 6.07) is 0. The monoisotopic (exact) mass is 268 g/mol. The van der Waals surface area contributed by atoms with Crippen molar-refractivity contribution < 1.29 is 13.2 Å². The zero-order chi connectivity index (χ0) is 12.5. The Balaban J connectivity index is 1.79. The van der Waals surface area contributed by atoms with Gasteiger partial charge in [0.15, 0.2) is 0 Å². The van der Waals surface area contributed by atoms with Gasteiger partial charge in [-0.2, -0.15) is 13.2 Å². The van der Waals surface area contributed by atoms with Crippen molar-refractivity contribution in [1.82, 2.24) is 0 Å². The molecule has 0 N–H and O–H groups in total. The maximum absolute atomic E-state index is 12.5. The third kappa shape index (κ3) is 3.52. The Hall–Kier alpha value is 0.0800. The highest BCUT2D eigenvalue weighted by Crippen LogP contribution is 2.44. The molecule has 0 saturated heterocycles. The van der Waals surface area contributed by atoms with Crippen molar-refractivity contribution in [3.8, 4) is 0 Å². The number of hydrogen-bond acceptors (Lipinski definition) is 0. The van der Waals surface area contributed by atoms with Gasteiger partial charge in [-0.25, -0.2) is 0 Å². The molecule has 17 heavy (non-hydrogen) atoms. The Morgan fingerprint density at radius 1 is 0.706 bits per heavy atom. The van der Waals surface area contributed by atoms with E-state index in [0.717, 1.165) is 38.5 Å². The first-order valence-electron chi connectivity index (χ1n) is 6.67. The van der Waals surface area contributed by atoms with E-state index in [9.17, 15) is 13.2 Å². The van der Waals surface area contributed by atoms with E-state index in [1.807, 2.05) is 0 Å². The summed E-state index contributed by atoms with van der Waals surface area (Å²) in [4.78, 5) is 0. The molecule has 2 fully saturated rings. The second-order valence-electron chi connectivity index (χ2n) is 5.67. The van der Waals surface area contributed by atoms with E-state index in [1.54, 1.807) is 0 Å². The molecule has 0 aliphatic heterocycles. The van der Waals surface area contributed by atoms with Crippen molar-refractivity contribution in [2.75, 3.05) is 0 Å². The van der Waals surface area contributed by atoms with Crippen LogP contribution in [0, 0.1) is 17.8 Å². The summed E-state index contributed by atoms with van der Waals surface area (Å²) in [6.45, 7) is 0. The first kappa shape index (κ1) is 13.5. The van der Waals surface area contributed by atoms with Gasteiger partial charge in [0.05, 0.1) is 5.92 Å². The van der Waals surface area contributed by atoms with Crippen molar-refractivity contribution in [1.29, 1.82) is 0 Å². The first-order valence-corrected chi connectivity index (χ1v) is 7.11. The van der Waals surface area contributed by atoms with Gasteiger partial charge in [0.2, 0.25) is 0 Å². The van der Waals surface area contributed by atoms with Gasteiger partial charge in [0.25, 0.3) is 0 Å². The van der Waals surface area contributed by atoms with Crippen LogP contribution in [0.25, 0.3) is 0 Å². The molecular formula is C13H20ClF3. The van der Waals surface area contributed by atoms with E-state index in [1.165, 1.54) is 0 Å². The molecule has 0 unspecified atom stereocenters. The summed E-state index contributed by atoms with van der Waals surface area (Å²) < 4.78 is 37.6. The molecule has 2 rings (SSSR count). The summed E-state index contributed by atoms with van der Waals surface area (Å²) in [5.74, 6) is 0.125. The summed E-state index contributed by atoms with van der Waals surface area (Å²) in [7, 11) is 0. The lowest BCUT2D eigenvalue weighted by Gasteiger charge is -2.37. The molecule has 0 heterocycles. The zero-order valence-corrected chi connectivity index (χ0v) is 10.7. The van der Waals surface area contributed by atoms with Crippen molar-refractivity contribution in [3.63, 3.8) is 0 Å². The predicted octanol–water partition coefficient (Wildman–Crippen LogP) is 5.15. The molecule has 0 bridgehead atoms. The van der Waals surface area contributed by atoms with Gasteiger partial charge in [-0.15, -0.1) is 11.6 Å². The Kier molecular flexibility index (Phi) is 4.27. The van der Waals surface area contributed by atoms with Gasteiger partial charge in [-0.3, -0.25) is 0 Å². The van der Waals surface area contributed by atoms with Crippen molar-refractivity contribution >= 4 is 11.6 Å². The summed E-state index contributed by atoms with van der Waals surface area (Å²) in [6.07, 6.45) is 2.58. The summed E-state index contributed by atoms with van der Waals surface area (Å²) in [5.41, 5.74) is 0. The maximum atomic E-state index is 12.5. The summed E-state index contributed by atoms with van der Waals surface area (Å²) in [5, 5.41) is 0.303. The van der Waals surface area contributed by atoms with Crippen molar-refractivity contribution in [3.05, 3.63) is 0 Å². The molecule has 0 atom stereocenters. The van der Waals surface area contributed by atoms with E-state index < -0.39 is 12.1 Å². The molecular weight excluding hydrogens is 249 g/mol. The minimum absolute atomic E-state index is 0.303. The van der Waals surface area contributed by atoms with E-state index in [-0.39, 0.29) is 0 Å².